The molecular weight excluding hydrogens is 236 g/mol. The number of carbonyl (C=O) groups is 1. The first-order chi connectivity index (χ1) is 8.20. The monoisotopic (exact) mass is 246 g/mol. The highest BCUT2D eigenvalue weighted by Crippen LogP contribution is 2.28. The first-order valence-electron chi connectivity index (χ1n) is 5.15. The summed E-state index contributed by atoms with van der Waals surface area (Å²) in [4.78, 5) is 15.7. The fourth-order valence-electron chi connectivity index (χ4n) is 1.71. The Morgan fingerprint density at radius 3 is 2.47 bits per heavy atom. The zero-order valence-corrected chi connectivity index (χ0v) is 9.76. The van der Waals surface area contributed by atoms with E-state index in [2.05, 4.69) is 4.98 Å². The van der Waals surface area contributed by atoms with Crippen molar-refractivity contribution in [3.63, 3.8) is 0 Å². The molecule has 2 N–H and O–H groups in total. The van der Waals surface area contributed by atoms with Crippen LogP contribution in [-0.2, 0) is 4.79 Å². The average molecular weight is 247 g/mol. The molecule has 1 atom stereocenters. The van der Waals surface area contributed by atoms with E-state index in [4.69, 9.17) is 17.3 Å². The van der Waals surface area contributed by atoms with Crippen LogP contribution in [0.2, 0.25) is 5.02 Å². The van der Waals surface area contributed by atoms with Gasteiger partial charge in [-0.2, -0.15) is 0 Å². The van der Waals surface area contributed by atoms with Gasteiger partial charge in [0.1, 0.15) is 5.92 Å². The van der Waals surface area contributed by atoms with Crippen LogP contribution in [0.5, 0.6) is 0 Å². The van der Waals surface area contributed by atoms with E-state index in [9.17, 15) is 4.79 Å². The van der Waals surface area contributed by atoms with E-state index in [0.29, 0.717) is 16.3 Å². The standard InChI is InChI=1S/C13H11ClN2O/c14-10-6-2-1-5-9(10)12(13(15)17)11-7-3-4-8-16-11/h1-8,12H,(H2,15,17). The molecular formula is C13H11ClN2O. The minimum absolute atomic E-state index is 0.461. The first kappa shape index (κ1) is 11.6. The van der Waals surface area contributed by atoms with E-state index < -0.39 is 11.8 Å². The number of rotatable bonds is 3. The zero-order valence-electron chi connectivity index (χ0n) is 9.01. The predicted molar refractivity (Wildman–Crippen MR) is 66.7 cm³/mol. The van der Waals surface area contributed by atoms with E-state index in [-0.39, 0.29) is 0 Å². The molecule has 0 saturated heterocycles. The maximum atomic E-state index is 11.6. The maximum absolute atomic E-state index is 11.6. The summed E-state index contributed by atoms with van der Waals surface area (Å²) in [6.45, 7) is 0. The van der Waals surface area contributed by atoms with Crippen LogP contribution < -0.4 is 5.73 Å². The molecule has 0 radical (unpaired) electrons. The predicted octanol–water partition coefficient (Wildman–Crippen LogP) is 2.35. The quantitative estimate of drug-likeness (QED) is 0.904. The molecule has 3 nitrogen and oxygen atoms in total. The molecule has 0 bridgehead atoms. The fourth-order valence-corrected chi connectivity index (χ4v) is 1.96. The van der Waals surface area contributed by atoms with Gasteiger partial charge in [-0.05, 0) is 23.8 Å². The van der Waals surface area contributed by atoms with Crippen molar-refractivity contribution >= 4 is 17.5 Å². The SMILES string of the molecule is NC(=O)C(c1ccccn1)c1ccccc1Cl. The number of benzene rings is 1. The Morgan fingerprint density at radius 1 is 1.18 bits per heavy atom. The van der Waals surface area contributed by atoms with Crippen molar-refractivity contribution in [3.05, 3.63) is 64.9 Å². The van der Waals surface area contributed by atoms with E-state index in [1.165, 1.54) is 0 Å². The second-order valence-electron chi connectivity index (χ2n) is 3.61. The molecule has 17 heavy (non-hydrogen) atoms. The number of aromatic nitrogens is 1. The summed E-state index contributed by atoms with van der Waals surface area (Å²) in [6.07, 6.45) is 1.63. The lowest BCUT2D eigenvalue weighted by Gasteiger charge is -2.14. The molecule has 0 saturated carbocycles. The van der Waals surface area contributed by atoms with Gasteiger partial charge in [-0.3, -0.25) is 9.78 Å². The topological polar surface area (TPSA) is 56.0 Å². The molecule has 1 amide bonds. The highest BCUT2D eigenvalue weighted by molar-refractivity contribution is 6.31. The largest absolute Gasteiger partial charge is 0.369 e. The van der Waals surface area contributed by atoms with Crippen LogP contribution in [0.3, 0.4) is 0 Å². The number of hydrogen-bond donors (Lipinski definition) is 1. The molecule has 2 aromatic rings. The molecule has 0 spiro atoms. The molecule has 2 rings (SSSR count). The molecule has 1 aromatic carbocycles. The maximum Gasteiger partial charge on any atom is 0.231 e. The van der Waals surface area contributed by atoms with Crippen LogP contribution in [0, 0.1) is 0 Å². The van der Waals surface area contributed by atoms with Gasteiger partial charge < -0.3 is 5.73 Å². The molecule has 1 aromatic heterocycles. The fraction of sp³-hybridized carbons (Fsp3) is 0.0769. The number of amides is 1. The number of carbonyl (C=O) groups excluding carboxylic acids is 1. The summed E-state index contributed by atoms with van der Waals surface area (Å²) in [7, 11) is 0. The van der Waals surface area contributed by atoms with Crippen LogP contribution in [-0.4, -0.2) is 10.9 Å². The number of pyridine rings is 1. The number of nitrogens with two attached hydrogens (primary N) is 1. The van der Waals surface area contributed by atoms with Gasteiger partial charge in [0.15, 0.2) is 0 Å². The van der Waals surface area contributed by atoms with Gasteiger partial charge in [0, 0.05) is 11.2 Å². The van der Waals surface area contributed by atoms with Gasteiger partial charge in [0.25, 0.3) is 0 Å². The second kappa shape index (κ2) is 4.97. The molecule has 0 aliphatic carbocycles. The Kier molecular flexibility index (Phi) is 3.40. The molecule has 0 aliphatic heterocycles. The zero-order chi connectivity index (χ0) is 12.3. The van der Waals surface area contributed by atoms with Gasteiger partial charge in [0.05, 0.1) is 5.69 Å². The Balaban J connectivity index is 2.51. The van der Waals surface area contributed by atoms with Crippen molar-refractivity contribution in [2.45, 2.75) is 5.92 Å². The first-order valence-corrected chi connectivity index (χ1v) is 5.52. The van der Waals surface area contributed by atoms with Gasteiger partial charge >= 0.3 is 0 Å². The van der Waals surface area contributed by atoms with Crippen molar-refractivity contribution < 1.29 is 4.79 Å². The molecule has 0 fully saturated rings. The minimum atomic E-state index is -0.607. The summed E-state index contributed by atoms with van der Waals surface area (Å²) < 4.78 is 0. The lowest BCUT2D eigenvalue weighted by Crippen LogP contribution is -2.23. The summed E-state index contributed by atoms with van der Waals surface area (Å²) in [5.74, 6) is -1.07. The Morgan fingerprint density at radius 2 is 1.88 bits per heavy atom. The molecule has 1 unspecified atom stereocenters. The van der Waals surface area contributed by atoms with Crippen LogP contribution in [0.25, 0.3) is 0 Å². The summed E-state index contributed by atoms with van der Waals surface area (Å²) >= 11 is 6.08. The van der Waals surface area contributed by atoms with Gasteiger partial charge in [-0.25, -0.2) is 0 Å². The summed E-state index contributed by atoms with van der Waals surface area (Å²) in [6, 6.07) is 12.5. The van der Waals surface area contributed by atoms with E-state index >= 15 is 0 Å². The minimum Gasteiger partial charge on any atom is -0.369 e. The molecule has 86 valence electrons. The average Bonchev–Trinajstić information content (AvgIpc) is 2.33. The van der Waals surface area contributed by atoms with E-state index in [1.807, 2.05) is 18.2 Å². The lowest BCUT2D eigenvalue weighted by atomic mass is 9.94. The van der Waals surface area contributed by atoms with Crippen LogP contribution in [0.1, 0.15) is 17.2 Å². The van der Waals surface area contributed by atoms with Crippen molar-refractivity contribution in [1.29, 1.82) is 0 Å². The third-order valence-electron chi connectivity index (χ3n) is 2.48. The van der Waals surface area contributed by atoms with Crippen molar-refractivity contribution in [1.82, 2.24) is 4.98 Å². The molecule has 0 aliphatic rings. The second-order valence-corrected chi connectivity index (χ2v) is 4.02. The number of nitrogens with zero attached hydrogens (tertiary/aromatic N) is 1. The molecule has 4 heteroatoms. The number of hydrogen-bond acceptors (Lipinski definition) is 2. The Hall–Kier alpha value is -1.87. The van der Waals surface area contributed by atoms with Crippen molar-refractivity contribution in [2.24, 2.45) is 5.73 Å². The van der Waals surface area contributed by atoms with Crippen molar-refractivity contribution in [3.8, 4) is 0 Å². The highest BCUT2D eigenvalue weighted by Gasteiger charge is 2.23. The van der Waals surface area contributed by atoms with Crippen LogP contribution >= 0.6 is 11.6 Å². The Labute approximate surface area is 104 Å². The van der Waals surface area contributed by atoms with Crippen molar-refractivity contribution in [2.75, 3.05) is 0 Å². The number of halogens is 1. The van der Waals surface area contributed by atoms with E-state index in [1.54, 1.807) is 30.5 Å². The highest BCUT2D eigenvalue weighted by atomic mass is 35.5. The van der Waals surface area contributed by atoms with E-state index in [0.717, 1.165) is 0 Å². The van der Waals surface area contributed by atoms with Gasteiger partial charge in [0.2, 0.25) is 5.91 Å². The van der Waals surface area contributed by atoms with Gasteiger partial charge in [-0.1, -0.05) is 35.9 Å². The van der Waals surface area contributed by atoms with Crippen LogP contribution in [0.15, 0.2) is 48.7 Å². The Bertz CT molecular complexity index is 528. The summed E-state index contributed by atoms with van der Waals surface area (Å²) in [5, 5.41) is 0.516. The van der Waals surface area contributed by atoms with Gasteiger partial charge in [-0.15, -0.1) is 0 Å². The number of primary amides is 1. The smallest absolute Gasteiger partial charge is 0.231 e. The summed E-state index contributed by atoms with van der Waals surface area (Å²) in [5.41, 5.74) is 6.72. The third kappa shape index (κ3) is 2.45. The van der Waals surface area contributed by atoms with Crippen LogP contribution in [0.4, 0.5) is 0 Å². The third-order valence-corrected chi connectivity index (χ3v) is 2.83. The normalized spacial score (nSPS) is 12.1. The lowest BCUT2D eigenvalue weighted by molar-refractivity contribution is -0.118. The molecule has 1 heterocycles.